The van der Waals surface area contributed by atoms with Gasteiger partial charge in [-0.2, -0.15) is 5.10 Å². The molecule has 0 aliphatic heterocycles. The normalized spacial score (nSPS) is 10.9. The number of nitrogens with one attached hydrogen (secondary N) is 2. The van der Waals surface area contributed by atoms with Crippen molar-refractivity contribution < 1.29 is 9.53 Å². The van der Waals surface area contributed by atoms with Gasteiger partial charge in [-0.1, -0.05) is 66.7 Å². The van der Waals surface area contributed by atoms with Crippen LogP contribution in [0.1, 0.15) is 15.9 Å². The summed E-state index contributed by atoms with van der Waals surface area (Å²) in [5.41, 5.74) is 5.66. The first kappa shape index (κ1) is 21.5. The lowest BCUT2D eigenvalue weighted by atomic mass is 10.0. The second kappa shape index (κ2) is 9.63. The molecule has 168 valence electrons. The minimum Gasteiger partial charge on any atom is -0.497 e. The molecule has 0 unspecified atom stereocenters. The lowest BCUT2D eigenvalue weighted by Gasteiger charge is -2.07. The van der Waals surface area contributed by atoms with Crippen LogP contribution in [0.15, 0.2) is 97.1 Å². The molecule has 5 aromatic rings. The molecule has 0 saturated heterocycles. The molecule has 0 atom stereocenters. The zero-order valence-electron chi connectivity index (χ0n) is 18.9. The van der Waals surface area contributed by atoms with E-state index in [-0.39, 0.29) is 5.91 Å². The minimum atomic E-state index is -0.0847. The highest BCUT2D eigenvalue weighted by Gasteiger charge is 2.10. The molecule has 0 spiro atoms. The summed E-state index contributed by atoms with van der Waals surface area (Å²) in [6, 6.07) is 32.0. The van der Waals surface area contributed by atoms with Crippen LogP contribution in [0.5, 0.6) is 5.75 Å². The average molecular weight is 448 g/mol. The number of carbonyl (C=O) groups is 1. The monoisotopic (exact) mass is 447 g/mol. The topological polar surface area (TPSA) is 67.0 Å². The predicted molar refractivity (Wildman–Crippen MR) is 136 cm³/mol. The molecule has 0 fully saturated rings. The lowest BCUT2D eigenvalue weighted by Crippen LogP contribution is -2.25. The molecular weight excluding hydrogens is 422 g/mol. The molecule has 5 rings (SSSR count). The molecule has 5 nitrogen and oxygen atoms in total. The second-order valence-electron chi connectivity index (χ2n) is 8.12. The molecule has 5 heteroatoms. The van der Waals surface area contributed by atoms with Crippen LogP contribution in [0.4, 0.5) is 0 Å². The van der Waals surface area contributed by atoms with Gasteiger partial charge in [0.15, 0.2) is 0 Å². The third-order valence-electron chi connectivity index (χ3n) is 5.96. The Balaban J connectivity index is 1.24. The van der Waals surface area contributed by atoms with Gasteiger partial charge >= 0.3 is 0 Å². The first-order valence-corrected chi connectivity index (χ1v) is 11.3. The van der Waals surface area contributed by atoms with Crippen LogP contribution < -0.4 is 10.1 Å². The maximum absolute atomic E-state index is 12.5. The number of nitrogens with zero attached hydrogens (tertiary/aromatic N) is 1. The first-order chi connectivity index (χ1) is 16.7. The largest absolute Gasteiger partial charge is 0.497 e. The highest BCUT2D eigenvalue weighted by molar-refractivity contribution is 5.96. The summed E-state index contributed by atoms with van der Waals surface area (Å²) < 4.78 is 5.18. The molecule has 0 aliphatic rings. The highest BCUT2D eigenvalue weighted by atomic mass is 16.5. The van der Waals surface area contributed by atoms with Crippen molar-refractivity contribution in [3.8, 4) is 28.3 Å². The van der Waals surface area contributed by atoms with E-state index < -0.39 is 0 Å². The van der Waals surface area contributed by atoms with Crippen LogP contribution in [0.2, 0.25) is 0 Å². The van der Waals surface area contributed by atoms with E-state index in [1.165, 1.54) is 10.8 Å². The molecule has 0 saturated carbocycles. The van der Waals surface area contributed by atoms with Gasteiger partial charge < -0.3 is 10.1 Å². The van der Waals surface area contributed by atoms with E-state index in [1.54, 1.807) is 7.11 Å². The van der Waals surface area contributed by atoms with Gasteiger partial charge in [0, 0.05) is 23.2 Å². The molecular formula is C29H25N3O2. The molecule has 1 aromatic heterocycles. The second-order valence-corrected chi connectivity index (χ2v) is 8.12. The van der Waals surface area contributed by atoms with Crippen molar-refractivity contribution in [1.29, 1.82) is 0 Å². The molecule has 0 radical (unpaired) electrons. The first-order valence-electron chi connectivity index (χ1n) is 11.3. The van der Waals surface area contributed by atoms with Gasteiger partial charge in [-0.3, -0.25) is 9.89 Å². The van der Waals surface area contributed by atoms with Crippen molar-refractivity contribution in [2.75, 3.05) is 13.7 Å². The van der Waals surface area contributed by atoms with Gasteiger partial charge in [0.1, 0.15) is 5.75 Å². The van der Waals surface area contributed by atoms with Crippen LogP contribution >= 0.6 is 0 Å². The van der Waals surface area contributed by atoms with Crippen molar-refractivity contribution in [3.63, 3.8) is 0 Å². The quantitative estimate of drug-likeness (QED) is 0.327. The Morgan fingerprint density at radius 3 is 2.47 bits per heavy atom. The van der Waals surface area contributed by atoms with Gasteiger partial charge in [-0.15, -0.1) is 0 Å². The van der Waals surface area contributed by atoms with Crippen molar-refractivity contribution in [1.82, 2.24) is 15.5 Å². The van der Waals surface area contributed by atoms with E-state index in [0.29, 0.717) is 12.1 Å². The van der Waals surface area contributed by atoms with Crippen LogP contribution in [0, 0.1) is 0 Å². The van der Waals surface area contributed by atoms with Crippen LogP contribution in [0.25, 0.3) is 33.3 Å². The lowest BCUT2D eigenvalue weighted by molar-refractivity contribution is 0.0954. The fraction of sp³-hybridized carbons (Fsp3) is 0.103. The van der Waals surface area contributed by atoms with Crippen LogP contribution in [-0.2, 0) is 6.42 Å². The summed E-state index contributed by atoms with van der Waals surface area (Å²) in [7, 11) is 1.65. The van der Waals surface area contributed by atoms with Crippen molar-refractivity contribution in [3.05, 3.63) is 108 Å². The summed E-state index contributed by atoms with van der Waals surface area (Å²) in [5.74, 6) is 0.743. The van der Waals surface area contributed by atoms with Crippen molar-refractivity contribution in [2.45, 2.75) is 6.42 Å². The highest BCUT2D eigenvalue weighted by Crippen LogP contribution is 2.29. The molecule has 34 heavy (non-hydrogen) atoms. The molecule has 0 aliphatic carbocycles. The summed E-state index contributed by atoms with van der Waals surface area (Å²) in [5, 5.41) is 13.0. The third-order valence-corrected chi connectivity index (χ3v) is 5.96. The van der Waals surface area contributed by atoms with Crippen molar-refractivity contribution in [2.24, 2.45) is 0 Å². The van der Waals surface area contributed by atoms with Gasteiger partial charge in [-0.25, -0.2) is 0 Å². The number of amides is 1. The third kappa shape index (κ3) is 4.55. The standard InChI is InChI=1S/C29H25N3O2/c1-34-24-15-9-20(10-16-24)17-18-30-29(33)23-13-11-22(12-14-23)27-19-28(32-31-27)26-8-4-6-21-5-2-3-7-25(21)26/h2-16,19H,17-18H2,1H3,(H,30,33)(H,31,32). The number of hydrogen-bond acceptors (Lipinski definition) is 3. The van der Waals surface area contributed by atoms with Gasteiger partial charge in [-0.05, 0) is 53.1 Å². The fourth-order valence-corrected chi connectivity index (χ4v) is 4.07. The Bertz CT molecular complexity index is 1420. The Morgan fingerprint density at radius 1 is 0.912 bits per heavy atom. The predicted octanol–water partition coefficient (Wildman–Crippen LogP) is 5.88. The average Bonchev–Trinajstić information content (AvgIpc) is 3.39. The molecule has 0 bridgehead atoms. The van der Waals surface area contributed by atoms with Gasteiger partial charge in [0.25, 0.3) is 5.91 Å². The molecule has 1 amide bonds. The maximum atomic E-state index is 12.5. The Morgan fingerprint density at radius 2 is 1.68 bits per heavy atom. The van der Waals surface area contributed by atoms with Crippen LogP contribution in [0.3, 0.4) is 0 Å². The number of rotatable bonds is 7. The summed E-state index contributed by atoms with van der Waals surface area (Å²) in [6.07, 6.45) is 0.762. The number of fused-ring (bicyclic) bond motifs is 1. The minimum absolute atomic E-state index is 0.0847. The number of methoxy groups -OCH3 is 1. The van der Waals surface area contributed by atoms with Crippen LogP contribution in [-0.4, -0.2) is 29.8 Å². The smallest absolute Gasteiger partial charge is 0.251 e. The zero-order chi connectivity index (χ0) is 23.3. The molecule has 1 heterocycles. The van der Waals surface area contributed by atoms with E-state index in [9.17, 15) is 4.79 Å². The SMILES string of the molecule is COc1ccc(CCNC(=O)c2ccc(-c3cc(-c4cccc5ccccc45)[nH]n3)cc2)cc1. The van der Waals surface area contributed by atoms with Crippen molar-refractivity contribution >= 4 is 16.7 Å². The Kier molecular flexibility index (Phi) is 6.08. The number of hydrogen-bond donors (Lipinski definition) is 2. The summed E-state index contributed by atoms with van der Waals surface area (Å²) in [4.78, 5) is 12.5. The molecule has 2 N–H and O–H groups in total. The Hall–Kier alpha value is -4.38. The zero-order valence-corrected chi connectivity index (χ0v) is 18.9. The summed E-state index contributed by atoms with van der Waals surface area (Å²) in [6.45, 7) is 0.570. The number of H-pyrrole nitrogens is 1. The number of aromatic amines is 1. The van der Waals surface area contributed by atoms with Gasteiger partial charge in [0.05, 0.1) is 18.5 Å². The van der Waals surface area contributed by atoms with E-state index in [1.807, 2.05) is 66.7 Å². The number of ether oxygens (including phenoxy) is 1. The van der Waals surface area contributed by atoms with E-state index in [4.69, 9.17) is 4.74 Å². The van der Waals surface area contributed by atoms with E-state index >= 15 is 0 Å². The molecule has 4 aromatic carbocycles. The van der Waals surface area contributed by atoms with E-state index in [2.05, 4.69) is 45.8 Å². The Labute approximate surface area is 198 Å². The number of aromatic nitrogens is 2. The number of carbonyl (C=O) groups excluding carboxylic acids is 1. The fourth-order valence-electron chi connectivity index (χ4n) is 4.07. The maximum Gasteiger partial charge on any atom is 0.251 e. The number of benzene rings is 4. The summed E-state index contributed by atoms with van der Waals surface area (Å²) >= 11 is 0. The van der Waals surface area contributed by atoms with Gasteiger partial charge in [0.2, 0.25) is 0 Å². The van der Waals surface area contributed by atoms with E-state index in [0.717, 1.165) is 40.2 Å².